The molecule has 0 fully saturated rings. The monoisotopic (exact) mass is 434 g/mol. The molecular formula is C14H12I2. The molecule has 0 N–H and O–H groups in total. The molecule has 0 unspecified atom stereocenters. The summed E-state index contributed by atoms with van der Waals surface area (Å²) in [4.78, 5) is 0. The molecule has 82 valence electrons. The second-order valence-electron chi connectivity index (χ2n) is 3.94. The van der Waals surface area contributed by atoms with Crippen LogP contribution in [-0.2, 0) is 6.42 Å². The summed E-state index contributed by atoms with van der Waals surface area (Å²) in [7, 11) is 0. The first-order valence-corrected chi connectivity index (χ1v) is 7.30. The van der Waals surface area contributed by atoms with Crippen LogP contribution >= 0.6 is 45.2 Å². The van der Waals surface area contributed by atoms with Crippen molar-refractivity contribution in [1.29, 1.82) is 0 Å². The molecule has 0 saturated carbocycles. The van der Waals surface area contributed by atoms with Crippen molar-refractivity contribution in [3.8, 4) is 0 Å². The third-order valence-corrected chi connectivity index (χ3v) is 3.69. The van der Waals surface area contributed by atoms with Crippen molar-refractivity contribution in [1.82, 2.24) is 0 Å². The summed E-state index contributed by atoms with van der Waals surface area (Å²) in [5.74, 6) is 0. The van der Waals surface area contributed by atoms with Gasteiger partial charge in [0, 0.05) is 7.14 Å². The first-order valence-electron chi connectivity index (χ1n) is 5.14. The highest BCUT2D eigenvalue weighted by atomic mass is 127. The zero-order chi connectivity index (χ0) is 11.5. The molecule has 0 aromatic heterocycles. The molecule has 0 aliphatic carbocycles. The molecule has 0 saturated heterocycles. The molecule has 0 amide bonds. The van der Waals surface area contributed by atoms with Crippen LogP contribution in [0.1, 0.15) is 16.7 Å². The summed E-state index contributed by atoms with van der Waals surface area (Å²) in [6.07, 6.45) is 1.02. The van der Waals surface area contributed by atoms with Crippen LogP contribution in [0, 0.1) is 14.1 Å². The molecule has 0 radical (unpaired) electrons. The van der Waals surface area contributed by atoms with E-state index in [-0.39, 0.29) is 0 Å². The van der Waals surface area contributed by atoms with Crippen LogP contribution in [0.4, 0.5) is 0 Å². The highest BCUT2D eigenvalue weighted by molar-refractivity contribution is 14.1. The Balaban J connectivity index is 2.27. The summed E-state index contributed by atoms with van der Waals surface area (Å²) in [6, 6.07) is 15.4. The Kier molecular flexibility index (Phi) is 4.24. The van der Waals surface area contributed by atoms with Crippen molar-refractivity contribution in [2.45, 2.75) is 13.3 Å². The Labute approximate surface area is 124 Å². The second-order valence-corrected chi connectivity index (χ2v) is 6.43. The molecule has 2 aromatic carbocycles. The van der Waals surface area contributed by atoms with Crippen LogP contribution in [0.5, 0.6) is 0 Å². The summed E-state index contributed by atoms with van der Waals surface area (Å²) in [5, 5.41) is 0. The van der Waals surface area contributed by atoms with Gasteiger partial charge in [-0.25, -0.2) is 0 Å². The first-order chi connectivity index (χ1) is 7.63. The maximum atomic E-state index is 2.38. The Morgan fingerprint density at radius 1 is 0.875 bits per heavy atom. The minimum Gasteiger partial charge on any atom is -0.0609 e. The minimum absolute atomic E-state index is 1.02. The topological polar surface area (TPSA) is 0 Å². The Morgan fingerprint density at radius 2 is 1.62 bits per heavy atom. The molecule has 0 bridgehead atoms. The van der Waals surface area contributed by atoms with Gasteiger partial charge in [-0.2, -0.15) is 0 Å². The fourth-order valence-electron chi connectivity index (χ4n) is 1.80. The summed E-state index contributed by atoms with van der Waals surface area (Å²) >= 11 is 4.74. The molecule has 0 aliphatic heterocycles. The van der Waals surface area contributed by atoms with E-state index in [1.165, 1.54) is 23.8 Å². The van der Waals surface area contributed by atoms with Gasteiger partial charge in [0.15, 0.2) is 0 Å². The van der Waals surface area contributed by atoms with Crippen molar-refractivity contribution >= 4 is 45.2 Å². The quantitative estimate of drug-likeness (QED) is 0.597. The highest BCUT2D eigenvalue weighted by Gasteiger charge is 1.99. The third kappa shape index (κ3) is 3.45. The van der Waals surface area contributed by atoms with Gasteiger partial charge in [0.1, 0.15) is 0 Å². The van der Waals surface area contributed by atoms with E-state index < -0.39 is 0 Å². The standard InChI is InChI=1S/C14H12I2/c1-10-5-12(9-14(16)6-10)7-11-3-2-4-13(15)8-11/h2-6,8-9H,7H2,1H3. The van der Waals surface area contributed by atoms with Crippen LogP contribution in [0.2, 0.25) is 0 Å². The van der Waals surface area contributed by atoms with E-state index in [0.29, 0.717) is 0 Å². The largest absolute Gasteiger partial charge is 0.0609 e. The Morgan fingerprint density at radius 3 is 2.31 bits per heavy atom. The van der Waals surface area contributed by atoms with Gasteiger partial charge in [-0.3, -0.25) is 0 Å². The molecule has 0 atom stereocenters. The van der Waals surface area contributed by atoms with Gasteiger partial charge in [0.2, 0.25) is 0 Å². The average Bonchev–Trinajstić information content (AvgIpc) is 2.15. The van der Waals surface area contributed by atoms with Crippen molar-refractivity contribution in [3.05, 3.63) is 66.3 Å². The lowest BCUT2D eigenvalue weighted by molar-refractivity contribution is 1.17. The molecular weight excluding hydrogens is 422 g/mol. The molecule has 0 nitrogen and oxygen atoms in total. The maximum absolute atomic E-state index is 2.38. The zero-order valence-corrected chi connectivity index (χ0v) is 13.3. The molecule has 0 heterocycles. The average molecular weight is 434 g/mol. The van der Waals surface area contributed by atoms with Gasteiger partial charge in [-0.1, -0.05) is 18.2 Å². The fourth-order valence-corrected chi connectivity index (χ4v) is 3.30. The van der Waals surface area contributed by atoms with Gasteiger partial charge < -0.3 is 0 Å². The van der Waals surface area contributed by atoms with E-state index in [4.69, 9.17) is 0 Å². The van der Waals surface area contributed by atoms with E-state index >= 15 is 0 Å². The van der Waals surface area contributed by atoms with Gasteiger partial charge in [0.25, 0.3) is 0 Å². The lowest BCUT2D eigenvalue weighted by atomic mass is 10.0. The molecule has 0 aliphatic rings. The van der Waals surface area contributed by atoms with Gasteiger partial charge in [-0.05, 0) is 99.5 Å². The Bertz CT molecular complexity index is 484. The molecule has 2 aromatic rings. The van der Waals surface area contributed by atoms with Crippen molar-refractivity contribution in [3.63, 3.8) is 0 Å². The van der Waals surface area contributed by atoms with E-state index in [9.17, 15) is 0 Å². The molecule has 16 heavy (non-hydrogen) atoms. The highest BCUT2D eigenvalue weighted by Crippen LogP contribution is 2.17. The van der Waals surface area contributed by atoms with Gasteiger partial charge in [-0.15, -0.1) is 0 Å². The maximum Gasteiger partial charge on any atom is 0.0135 e. The second kappa shape index (κ2) is 5.49. The van der Waals surface area contributed by atoms with Crippen LogP contribution in [0.15, 0.2) is 42.5 Å². The fraction of sp³-hybridized carbons (Fsp3) is 0.143. The predicted octanol–water partition coefficient (Wildman–Crippen LogP) is 4.80. The minimum atomic E-state index is 1.02. The van der Waals surface area contributed by atoms with Gasteiger partial charge in [0.05, 0.1) is 0 Å². The summed E-state index contributed by atoms with van der Waals surface area (Å²) in [6.45, 7) is 2.15. The van der Waals surface area contributed by atoms with E-state index in [0.717, 1.165) is 6.42 Å². The van der Waals surface area contributed by atoms with Crippen molar-refractivity contribution in [2.75, 3.05) is 0 Å². The smallest absolute Gasteiger partial charge is 0.0135 e. The zero-order valence-electron chi connectivity index (χ0n) is 9.00. The van der Waals surface area contributed by atoms with E-state index in [2.05, 4.69) is 94.6 Å². The summed E-state index contributed by atoms with van der Waals surface area (Å²) in [5.41, 5.74) is 4.12. The molecule has 2 heteroatoms. The lowest BCUT2D eigenvalue weighted by Gasteiger charge is -2.05. The number of rotatable bonds is 2. The van der Waals surface area contributed by atoms with Gasteiger partial charge >= 0.3 is 0 Å². The number of hydrogen-bond acceptors (Lipinski definition) is 0. The number of halogens is 2. The lowest BCUT2D eigenvalue weighted by Crippen LogP contribution is -1.90. The normalized spacial score (nSPS) is 10.4. The molecule has 0 spiro atoms. The van der Waals surface area contributed by atoms with E-state index in [1.807, 2.05) is 0 Å². The van der Waals surface area contributed by atoms with Crippen molar-refractivity contribution in [2.24, 2.45) is 0 Å². The van der Waals surface area contributed by atoms with E-state index in [1.54, 1.807) is 0 Å². The Hall–Kier alpha value is -0.100. The van der Waals surface area contributed by atoms with Crippen molar-refractivity contribution < 1.29 is 0 Å². The number of benzene rings is 2. The van der Waals surface area contributed by atoms with Crippen LogP contribution in [-0.4, -0.2) is 0 Å². The van der Waals surface area contributed by atoms with Crippen LogP contribution in [0.3, 0.4) is 0 Å². The molecule has 2 rings (SSSR count). The number of hydrogen-bond donors (Lipinski definition) is 0. The predicted molar refractivity (Wildman–Crippen MR) is 85.9 cm³/mol. The third-order valence-electron chi connectivity index (χ3n) is 2.40. The van der Waals surface area contributed by atoms with Crippen LogP contribution < -0.4 is 0 Å². The number of aryl methyl sites for hydroxylation is 1. The first kappa shape index (κ1) is 12.4. The van der Waals surface area contributed by atoms with Crippen LogP contribution in [0.25, 0.3) is 0 Å². The summed E-state index contributed by atoms with van der Waals surface area (Å²) < 4.78 is 2.62. The SMILES string of the molecule is Cc1cc(I)cc(Cc2cccc(I)c2)c1.